The van der Waals surface area contributed by atoms with Gasteiger partial charge in [-0.2, -0.15) is 0 Å². The highest BCUT2D eigenvalue weighted by Crippen LogP contribution is 2.33. The number of hydrogen-bond acceptors (Lipinski definition) is 6. The highest BCUT2D eigenvalue weighted by Gasteiger charge is 2.55. The quantitative estimate of drug-likeness (QED) is 0.444. The van der Waals surface area contributed by atoms with Gasteiger partial charge in [0, 0.05) is 37.2 Å². The summed E-state index contributed by atoms with van der Waals surface area (Å²) in [6, 6.07) is 7.05. The average molecular weight is 538 g/mol. The molecule has 0 spiro atoms. The van der Waals surface area contributed by atoms with Crippen LogP contribution in [0.25, 0.3) is 0 Å². The number of urea groups is 1. The third-order valence-electron chi connectivity index (χ3n) is 6.90. The van der Waals surface area contributed by atoms with Crippen molar-refractivity contribution in [3.8, 4) is 0 Å². The number of rotatable bonds is 7. The number of anilines is 2. The van der Waals surface area contributed by atoms with E-state index >= 15 is 0 Å². The summed E-state index contributed by atoms with van der Waals surface area (Å²) in [4.78, 5) is 51.4. The van der Waals surface area contributed by atoms with Crippen LogP contribution in [-0.2, 0) is 23.1 Å². The number of carbonyl (C=O) groups is 3. The van der Waals surface area contributed by atoms with Crippen LogP contribution in [0.1, 0.15) is 41.8 Å². The second-order valence-electron chi connectivity index (χ2n) is 9.66. The lowest BCUT2D eigenvalue weighted by Gasteiger charge is -2.45. The number of amides is 4. The van der Waals surface area contributed by atoms with Gasteiger partial charge in [-0.25, -0.2) is 14.8 Å². The molecule has 38 heavy (non-hydrogen) atoms. The molecule has 0 aliphatic carbocycles. The van der Waals surface area contributed by atoms with Crippen LogP contribution in [0.15, 0.2) is 42.7 Å². The van der Waals surface area contributed by atoms with Gasteiger partial charge in [-0.05, 0) is 61.6 Å². The number of halogens is 1. The number of pyridine rings is 1. The molecular formula is C27H32ClN7O3. The summed E-state index contributed by atoms with van der Waals surface area (Å²) in [6.07, 6.45) is 4.10. The van der Waals surface area contributed by atoms with Crippen LogP contribution >= 0.6 is 11.6 Å². The number of carbonyl (C=O) groups excluding carboxylic acids is 3. The van der Waals surface area contributed by atoms with Gasteiger partial charge in [0.05, 0.1) is 12.0 Å². The first-order valence-corrected chi connectivity index (χ1v) is 12.8. The Hall–Kier alpha value is -3.92. The Kier molecular flexibility index (Phi) is 7.73. The first-order valence-electron chi connectivity index (χ1n) is 12.4. The maximum absolute atomic E-state index is 13.7. The molecular weight excluding hydrogens is 506 g/mol. The van der Waals surface area contributed by atoms with Gasteiger partial charge in [-0.3, -0.25) is 19.4 Å². The number of nitrogen functional groups attached to an aromatic ring is 1. The molecule has 4 amide bonds. The number of nitrogens with one attached hydrogen (secondary N) is 1. The summed E-state index contributed by atoms with van der Waals surface area (Å²) in [7, 11) is 3.35. The molecule has 10 nitrogen and oxygen atoms in total. The van der Waals surface area contributed by atoms with Gasteiger partial charge in [-0.1, -0.05) is 30.7 Å². The van der Waals surface area contributed by atoms with E-state index < -0.39 is 35.8 Å². The monoisotopic (exact) mass is 537 g/mol. The first kappa shape index (κ1) is 27.1. The molecule has 0 bridgehead atoms. The average Bonchev–Trinajstić information content (AvgIpc) is 3.30. The van der Waals surface area contributed by atoms with Crippen molar-refractivity contribution in [3.05, 3.63) is 70.1 Å². The number of hydrogen-bond donors (Lipinski definition) is 2. The predicted molar refractivity (Wildman–Crippen MR) is 146 cm³/mol. The molecule has 200 valence electrons. The van der Waals surface area contributed by atoms with Gasteiger partial charge >= 0.3 is 6.03 Å². The van der Waals surface area contributed by atoms with E-state index in [1.807, 2.05) is 39.0 Å². The zero-order chi connectivity index (χ0) is 27.7. The lowest BCUT2D eigenvalue weighted by Crippen LogP contribution is -2.70. The van der Waals surface area contributed by atoms with Gasteiger partial charge in [0.1, 0.15) is 11.9 Å². The van der Waals surface area contributed by atoms with Crippen LogP contribution in [0.4, 0.5) is 16.6 Å². The molecule has 0 radical (unpaired) electrons. The minimum atomic E-state index is -1.02. The molecule has 1 fully saturated rings. The first-order chi connectivity index (χ1) is 18.0. The molecule has 1 aliphatic rings. The standard InChI is InChI=1S/C27H32ClN7O3/c1-6-21(18-8-7-15(2)20(28)14-18)32-27(38)35-23(25(37)34(5)26-30-9-10-33(26)4)19(24(35)36)12-17-11-16(3)31-22(29)13-17/h7-11,13-14,19,21,23H,6,12H2,1-5H3,(H2,29,31)(H,32,38)/t19-,21?,23+/m1/s1. The molecule has 1 saturated heterocycles. The highest BCUT2D eigenvalue weighted by molar-refractivity contribution is 6.31. The minimum absolute atomic E-state index is 0.242. The number of benzene rings is 1. The van der Waals surface area contributed by atoms with Crippen LogP contribution in [-0.4, -0.2) is 50.4 Å². The maximum atomic E-state index is 13.7. The number of likely N-dealkylation sites (tertiary alicyclic amines) is 1. The highest BCUT2D eigenvalue weighted by atomic mass is 35.5. The number of β-lactam (4-membered cyclic amide) rings is 1. The van der Waals surface area contributed by atoms with Gasteiger partial charge in [-0.15, -0.1) is 0 Å². The third kappa shape index (κ3) is 5.22. The van der Waals surface area contributed by atoms with E-state index in [1.165, 1.54) is 4.90 Å². The van der Waals surface area contributed by atoms with E-state index in [1.54, 1.807) is 43.2 Å². The van der Waals surface area contributed by atoms with Crippen molar-refractivity contribution < 1.29 is 14.4 Å². The van der Waals surface area contributed by atoms with Crippen LogP contribution in [0.2, 0.25) is 5.02 Å². The number of imidazole rings is 1. The second kappa shape index (κ2) is 10.8. The number of aromatic nitrogens is 3. The predicted octanol–water partition coefficient (Wildman–Crippen LogP) is 3.56. The van der Waals surface area contributed by atoms with Crippen LogP contribution in [0.5, 0.6) is 0 Å². The van der Waals surface area contributed by atoms with Crippen molar-refractivity contribution in [1.29, 1.82) is 0 Å². The Labute approximate surface area is 226 Å². The smallest absolute Gasteiger partial charge is 0.325 e. The zero-order valence-electron chi connectivity index (χ0n) is 22.1. The molecule has 0 saturated carbocycles. The Morgan fingerprint density at radius 3 is 2.58 bits per heavy atom. The molecule has 1 unspecified atom stereocenters. The topological polar surface area (TPSA) is 126 Å². The summed E-state index contributed by atoms with van der Waals surface area (Å²) in [5, 5.41) is 3.51. The van der Waals surface area contributed by atoms with Crippen molar-refractivity contribution in [2.45, 2.75) is 45.7 Å². The van der Waals surface area contributed by atoms with Gasteiger partial charge in [0.25, 0.3) is 5.91 Å². The Bertz CT molecular complexity index is 1370. The minimum Gasteiger partial charge on any atom is -0.384 e. The number of likely N-dealkylation sites (N-methyl/N-ethyl adjacent to an activating group) is 1. The maximum Gasteiger partial charge on any atom is 0.325 e. The molecule has 2 aromatic heterocycles. The fraction of sp³-hybridized carbons (Fsp3) is 0.370. The molecule has 3 atom stereocenters. The lowest BCUT2D eigenvalue weighted by atomic mass is 9.81. The van der Waals surface area contributed by atoms with Crippen molar-refractivity contribution in [2.24, 2.45) is 13.0 Å². The lowest BCUT2D eigenvalue weighted by molar-refractivity contribution is -0.156. The number of nitrogens with two attached hydrogens (primary N) is 1. The fourth-order valence-electron chi connectivity index (χ4n) is 4.84. The molecule has 1 aliphatic heterocycles. The number of aryl methyl sites for hydroxylation is 3. The van der Waals surface area contributed by atoms with E-state index in [4.69, 9.17) is 17.3 Å². The second-order valence-corrected chi connectivity index (χ2v) is 10.1. The molecule has 3 N–H and O–H groups in total. The van der Waals surface area contributed by atoms with E-state index in [2.05, 4.69) is 15.3 Å². The summed E-state index contributed by atoms with van der Waals surface area (Å²) in [6.45, 7) is 5.63. The van der Waals surface area contributed by atoms with Crippen molar-refractivity contribution >= 4 is 41.2 Å². The molecule has 1 aromatic carbocycles. The van der Waals surface area contributed by atoms with Gasteiger partial charge < -0.3 is 15.6 Å². The van der Waals surface area contributed by atoms with Gasteiger partial charge in [0.15, 0.2) is 0 Å². The Morgan fingerprint density at radius 2 is 1.97 bits per heavy atom. The van der Waals surface area contributed by atoms with Crippen LogP contribution in [0, 0.1) is 19.8 Å². The molecule has 3 aromatic rings. The van der Waals surface area contributed by atoms with Crippen LogP contribution in [0.3, 0.4) is 0 Å². The summed E-state index contributed by atoms with van der Waals surface area (Å²) in [5.41, 5.74) is 9.12. The van der Waals surface area contributed by atoms with E-state index in [0.717, 1.165) is 21.6 Å². The molecule has 4 rings (SSSR count). The fourth-order valence-corrected chi connectivity index (χ4v) is 5.03. The number of nitrogens with zero attached hydrogens (tertiary/aromatic N) is 5. The number of imide groups is 1. The van der Waals surface area contributed by atoms with E-state index in [-0.39, 0.29) is 6.42 Å². The van der Waals surface area contributed by atoms with Crippen molar-refractivity contribution in [2.75, 3.05) is 17.7 Å². The Morgan fingerprint density at radius 1 is 1.24 bits per heavy atom. The summed E-state index contributed by atoms with van der Waals surface area (Å²) < 4.78 is 1.69. The van der Waals surface area contributed by atoms with Crippen LogP contribution < -0.4 is 16.0 Å². The zero-order valence-corrected chi connectivity index (χ0v) is 22.9. The summed E-state index contributed by atoms with van der Waals surface area (Å²) >= 11 is 6.31. The normalized spacial score (nSPS) is 17.6. The van der Waals surface area contributed by atoms with Crippen molar-refractivity contribution in [1.82, 2.24) is 24.8 Å². The molecule has 11 heteroatoms. The largest absolute Gasteiger partial charge is 0.384 e. The third-order valence-corrected chi connectivity index (χ3v) is 7.31. The van der Waals surface area contributed by atoms with E-state index in [0.29, 0.717) is 28.9 Å². The van der Waals surface area contributed by atoms with Crippen molar-refractivity contribution in [3.63, 3.8) is 0 Å². The summed E-state index contributed by atoms with van der Waals surface area (Å²) in [5.74, 6) is -0.857. The van der Waals surface area contributed by atoms with E-state index in [9.17, 15) is 14.4 Å². The molecule has 3 heterocycles. The Balaban J connectivity index is 1.62. The van der Waals surface area contributed by atoms with Gasteiger partial charge in [0.2, 0.25) is 11.9 Å². The SMILES string of the molecule is CCC(NC(=O)N1C(=O)[C@H](Cc2cc(C)nc(N)c2)[C@H]1C(=O)N(C)c1nccn1C)c1ccc(C)c(Cl)c1.